The Morgan fingerprint density at radius 3 is 2.30 bits per heavy atom. The van der Waals surface area contributed by atoms with Crippen LogP contribution in [0.2, 0.25) is 0 Å². The first-order chi connectivity index (χ1) is 14.6. The van der Waals surface area contributed by atoms with Gasteiger partial charge in [0.05, 0.1) is 11.3 Å². The van der Waals surface area contributed by atoms with Crippen LogP contribution in [0.4, 0.5) is 0 Å². The number of benzene rings is 2. The Bertz CT molecular complexity index is 1010. The lowest BCUT2D eigenvalue weighted by atomic mass is 10.0. The number of nitrogens with zero attached hydrogens (tertiary/aromatic N) is 4. The average molecular weight is 403 g/mol. The summed E-state index contributed by atoms with van der Waals surface area (Å²) in [7, 11) is 0. The molecule has 1 fully saturated rings. The van der Waals surface area contributed by atoms with Crippen LogP contribution < -0.4 is 0 Å². The van der Waals surface area contributed by atoms with E-state index in [2.05, 4.69) is 56.0 Å². The first-order valence-corrected chi connectivity index (χ1v) is 10.9. The number of aromatic nitrogens is 2. The fourth-order valence-corrected chi connectivity index (χ4v) is 4.02. The molecule has 0 saturated carbocycles. The zero-order chi connectivity index (χ0) is 21.1. The first-order valence-electron chi connectivity index (χ1n) is 10.9. The second-order valence-electron chi connectivity index (χ2n) is 7.90. The van der Waals surface area contributed by atoms with Crippen molar-refractivity contribution in [2.75, 3.05) is 32.7 Å². The predicted octanol–water partition coefficient (Wildman–Crippen LogP) is 4.19. The monoisotopic (exact) mass is 402 g/mol. The molecule has 0 spiro atoms. The van der Waals surface area contributed by atoms with Gasteiger partial charge < -0.3 is 9.80 Å². The molecule has 1 aliphatic heterocycles. The fourth-order valence-electron chi connectivity index (χ4n) is 4.02. The normalized spacial score (nSPS) is 14.8. The summed E-state index contributed by atoms with van der Waals surface area (Å²) in [5.41, 5.74) is 5.81. The fraction of sp³-hybridized carbons (Fsp3) is 0.360. The number of hydrogen-bond donors (Lipinski definition) is 0. The molecular weight excluding hydrogens is 372 g/mol. The van der Waals surface area contributed by atoms with Crippen LogP contribution in [-0.4, -0.2) is 58.2 Å². The molecule has 1 saturated heterocycles. The van der Waals surface area contributed by atoms with Gasteiger partial charge in [-0.25, -0.2) is 4.68 Å². The second kappa shape index (κ2) is 8.84. The van der Waals surface area contributed by atoms with Crippen molar-refractivity contribution in [1.29, 1.82) is 0 Å². The molecule has 0 unspecified atom stereocenters. The Balaban J connectivity index is 1.73. The van der Waals surface area contributed by atoms with E-state index in [9.17, 15) is 4.79 Å². The minimum Gasteiger partial charge on any atom is -0.336 e. The van der Waals surface area contributed by atoms with Crippen LogP contribution in [0.1, 0.15) is 35.3 Å². The molecule has 2 heterocycles. The van der Waals surface area contributed by atoms with Gasteiger partial charge in [0, 0.05) is 37.9 Å². The van der Waals surface area contributed by atoms with Gasteiger partial charge in [-0.3, -0.25) is 4.79 Å². The van der Waals surface area contributed by atoms with Gasteiger partial charge >= 0.3 is 0 Å². The van der Waals surface area contributed by atoms with Crippen molar-refractivity contribution in [3.05, 3.63) is 71.4 Å². The number of aryl methyl sites for hydroxylation is 2. The molecule has 3 aromatic rings. The van der Waals surface area contributed by atoms with Gasteiger partial charge in [-0.2, -0.15) is 5.10 Å². The second-order valence-corrected chi connectivity index (χ2v) is 7.90. The van der Waals surface area contributed by atoms with Crippen molar-refractivity contribution in [2.45, 2.75) is 27.2 Å². The maximum Gasteiger partial charge on any atom is 0.257 e. The van der Waals surface area contributed by atoms with Crippen LogP contribution in [0.3, 0.4) is 0 Å². The lowest BCUT2D eigenvalue weighted by Gasteiger charge is -2.34. The number of amides is 1. The van der Waals surface area contributed by atoms with Gasteiger partial charge in [0.2, 0.25) is 0 Å². The number of piperazine rings is 1. The number of carbonyl (C=O) groups is 1. The highest BCUT2D eigenvalue weighted by Crippen LogP contribution is 2.27. The summed E-state index contributed by atoms with van der Waals surface area (Å²) in [5, 5.41) is 4.87. The van der Waals surface area contributed by atoms with Gasteiger partial charge in [-0.15, -0.1) is 0 Å². The van der Waals surface area contributed by atoms with Crippen LogP contribution >= 0.6 is 0 Å². The Morgan fingerprint density at radius 1 is 0.967 bits per heavy atom. The molecule has 0 N–H and O–H groups in total. The van der Waals surface area contributed by atoms with Gasteiger partial charge in [-0.1, -0.05) is 56.3 Å². The molecular formula is C25H30N4O. The third-order valence-corrected chi connectivity index (χ3v) is 6.05. The molecule has 2 aromatic carbocycles. The Kier molecular flexibility index (Phi) is 6.00. The van der Waals surface area contributed by atoms with E-state index in [-0.39, 0.29) is 5.91 Å². The van der Waals surface area contributed by atoms with E-state index in [1.165, 1.54) is 5.56 Å². The summed E-state index contributed by atoms with van der Waals surface area (Å²) in [6, 6.07) is 16.5. The lowest BCUT2D eigenvalue weighted by Crippen LogP contribution is -2.48. The molecule has 156 valence electrons. The molecule has 5 heteroatoms. The molecule has 30 heavy (non-hydrogen) atoms. The summed E-state index contributed by atoms with van der Waals surface area (Å²) in [5.74, 6) is 0.0696. The van der Waals surface area contributed by atoms with Gasteiger partial charge in [-0.05, 0) is 37.1 Å². The third kappa shape index (κ3) is 4.03. The topological polar surface area (TPSA) is 41.4 Å². The highest BCUT2D eigenvalue weighted by molar-refractivity contribution is 6.00. The molecule has 0 aliphatic carbocycles. The number of para-hydroxylation sites is 1. The van der Waals surface area contributed by atoms with Crippen molar-refractivity contribution in [3.63, 3.8) is 0 Å². The maximum atomic E-state index is 13.5. The Morgan fingerprint density at radius 2 is 1.67 bits per heavy atom. The summed E-state index contributed by atoms with van der Waals surface area (Å²) in [6.07, 6.45) is 2.89. The molecule has 1 amide bonds. The maximum absolute atomic E-state index is 13.5. The van der Waals surface area contributed by atoms with Crippen LogP contribution in [0, 0.1) is 6.92 Å². The van der Waals surface area contributed by atoms with Crippen molar-refractivity contribution >= 4 is 5.91 Å². The minimum atomic E-state index is 0.0696. The molecule has 4 rings (SSSR count). The standard InChI is InChI=1S/C25H30N4O/c1-4-20-10-12-21(13-11-20)24-22(25(30)28-16-14-27(5-2)15-17-28)18-29(26-24)23-9-7-6-8-19(23)3/h6-13,18H,4-5,14-17H2,1-3H3. The average Bonchev–Trinajstić information content (AvgIpc) is 3.24. The number of carbonyl (C=O) groups excluding carboxylic acids is 1. The van der Waals surface area contributed by atoms with E-state index >= 15 is 0 Å². The van der Waals surface area contributed by atoms with Gasteiger partial charge in [0.1, 0.15) is 5.69 Å². The molecule has 0 radical (unpaired) electrons. The zero-order valence-corrected chi connectivity index (χ0v) is 18.1. The Labute approximate surface area is 178 Å². The van der Waals surface area contributed by atoms with Crippen LogP contribution in [0.15, 0.2) is 54.7 Å². The highest BCUT2D eigenvalue weighted by Gasteiger charge is 2.26. The Hall–Kier alpha value is -2.92. The largest absolute Gasteiger partial charge is 0.336 e. The third-order valence-electron chi connectivity index (χ3n) is 6.05. The summed E-state index contributed by atoms with van der Waals surface area (Å²) in [4.78, 5) is 17.8. The van der Waals surface area contributed by atoms with Crippen molar-refractivity contribution in [2.24, 2.45) is 0 Å². The summed E-state index contributed by atoms with van der Waals surface area (Å²) >= 11 is 0. The van der Waals surface area contributed by atoms with E-state index in [1.807, 2.05) is 34.0 Å². The SMILES string of the molecule is CCc1ccc(-c2nn(-c3ccccc3C)cc2C(=O)N2CCN(CC)CC2)cc1. The first kappa shape index (κ1) is 20.4. The predicted molar refractivity (Wildman–Crippen MR) is 121 cm³/mol. The van der Waals surface area contributed by atoms with Crippen molar-refractivity contribution in [1.82, 2.24) is 19.6 Å². The highest BCUT2D eigenvalue weighted by atomic mass is 16.2. The molecule has 5 nitrogen and oxygen atoms in total. The summed E-state index contributed by atoms with van der Waals surface area (Å²) < 4.78 is 1.86. The van der Waals surface area contributed by atoms with E-state index in [1.54, 1.807) is 0 Å². The van der Waals surface area contributed by atoms with E-state index in [0.29, 0.717) is 5.56 Å². The van der Waals surface area contributed by atoms with Crippen LogP contribution in [0.25, 0.3) is 16.9 Å². The zero-order valence-electron chi connectivity index (χ0n) is 18.1. The quantitative estimate of drug-likeness (QED) is 0.643. The van der Waals surface area contributed by atoms with E-state index in [0.717, 1.165) is 61.7 Å². The molecule has 1 aromatic heterocycles. The van der Waals surface area contributed by atoms with Crippen molar-refractivity contribution in [3.8, 4) is 16.9 Å². The molecule has 0 atom stereocenters. The summed E-state index contributed by atoms with van der Waals surface area (Å²) in [6.45, 7) is 10.8. The van der Waals surface area contributed by atoms with E-state index < -0.39 is 0 Å². The number of rotatable bonds is 5. The van der Waals surface area contributed by atoms with E-state index in [4.69, 9.17) is 5.10 Å². The molecule has 0 bridgehead atoms. The van der Waals surface area contributed by atoms with Crippen LogP contribution in [-0.2, 0) is 6.42 Å². The number of likely N-dealkylation sites (N-methyl/N-ethyl adjacent to an activating group) is 1. The molecule has 1 aliphatic rings. The van der Waals surface area contributed by atoms with Crippen LogP contribution in [0.5, 0.6) is 0 Å². The van der Waals surface area contributed by atoms with Gasteiger partial charge in [0.15, 0.2) is 0 Å². The lowest BCUT2D eigenvalue weighted by molar-refractivity contribution is 0.0644. The van der Waals surface area contributed by atoms with Gasteiger partial charge in [0.25, 0.3) is 5.91 Å². The number of hydrogen-bond acceptors (Lipinski definition) is 3. The smallest absolute Gasteiger partial charge is 0.257 e. The van der Waals surface area contributed by atoms with Crippen molar-refractivity contribution < 1.29 is 4.79 Å². The minimum absolute atomic E-state index is 0.0696.